The average molecular weight is 219 g/mol. The van der Waals surface area contributed by atoms with Gasteiger partial charge in [-0.25, -0.2) is 0 Å². The Kier molecular flexibility index (Phi) is 3.66. The molecule has 0 aliphatic heterocycles. The van der Waals surface area contributed by atoms with Gasteiger partial charge < -0.3 is 0 Å². The molecule has 1 aromatic rings. The number of carbonyl (C=O) groups is 2. The van der Waals surface area contributed by atoms with Crippen LogP contribution in [-0.4, -0.2) is 17.1 Å². The third-order valence-corrected chi connectivity index (χ3v) is 2.62. The smallest absolute Gasteiger partial charge is 0.221 e. The lowest BCUT2D eigenvalue weighted by atomic mass is 9.85. The molecule has 0 heterocycles. The van der Waals surface area contributed by atoms with Crippen molar-refractivity contribution in [3.05, 3.63) is 40.8 Å². The summed E-state index contributed by atoms with van der Waals surface area (Å²) in [5.74, 6) is -1.03. The van der Waals surface area contributed by atoms with E-state index < -0.39 is 17.1 Å². The molecule has 0 aromatic heterocycles. The van der Waals surface area contributed by atoms with Gasteiger partial charge in [-0.3, -0.25) is 9.59 Å². The molecule has 4 heteroatoms. The summed E-state index contributed by atoms with van der Waals surface area (Å²) in [6.07, 6.45) is 0.0298. The van der Waals surface area contributed by atoms with E-state index in [0.717, 1.165) is 5.56 Å². The van der Waals surface area contributed by atoms with Gasteiger partial charge >= 0.3 is 0 Å². The van der Waals surface area contributed by atoms with Gasteiger partial charge in [-0.15, -0.1) is 4.91 Å². The number of Topliss-reactive ketones (excluding diaryl/α,β-unsaturated/α-hetero) is 2. The molecule has 0 saturated carbocycles. The monoisotopic (exact) mass is 219 g/mol. The Labute approximate surface area is 93.6 Å². The first-order chi connectivity index (χ1) is 7.53. The van der Waals surface area contributed by atoms with Crippen molar-refractivity contribution >= 4 is 11.6 Å². The van der Waals surface area contributed by atoms with E-state index in [0.29, 0.717) is 0 Å². The zero-order valence-electron chi connectivity index (χ0n) is 9.27. The van der Waals surface area contributed by atoms with Crippen LogP contribution in [-0.2, 0) is 16.0 Å². The van der Waals surface area contributed by atoms with Gasteiger partial charge in [0.2, 0.25) is 5.54 Å². The Hall–Kier alpha value is -1.84. The van der Waals surface area contributed by atoms with Gasteiger partial charge in [0.25, 0.3) is 0 Å². The highest BCUT2D eigenvalue weighted by atomic mass is 16.3. The normalized spacial score (nSPS) is 10.9. The highest BCUT2D eigenvalue weighted by molar-refractivity contribution is 6.10. The fourth-order valence-electron chi connectivity index (χ4n) is 1.55. The lowest BCUT2D eigenvalue weighted by Gasteiger charge is -2.19. The van der Waals surface area contributed by atoms with Gasteiger partial charge in [0.05, 0.1) is 0 Å². The molecule has 4 nitrogen and oxygen atoms in total. The molecule has 0 saturated heterocycles. The zero-order chi connectivity index (χ0) is 12.2. The van der Waals surface area contributed by atoms with E-state index >= 15 is 0 Å². The van der Waals surface area contributed by atoms with Crippen molar-refractivity contribution < 1.29 is 9.59 Å². The number of ketones is 2. The van der Waals surface area contributed by atoms with E-state index in [-0.39, 0.29) is 6.42 Å². The topological polar surface area (TPSA) is 63.6 Å². The first-order valence-corrected chi connectivity index (χ1v) is 4.93. The predicted molar refractivity (Wildman–Crippen MR) is 60.0 cm³/mol. The second-order valence-corrected chi connectivity index (χ2v) is 3.73. The average Bonchev–Trinajstić information content (AvgIpc) is 2.26. The minimum absolute atomic E-state index is 0.0298. The fraction of sp³-hybridized carbons (Fsp3) is 0.333. The van der Waals surface area contributed by atoms with Crippen LogP contribution >= 0.6 is 0 Å². The van der Waals surface area contributed by atoms with Crippen LogP contribution in [0.4, 0.5) is 0 Å². The van der Waals surface area contributed by atoms with Crippen LogP contribution < -0.4 is 0 Å². The van der Waals surface area contributed by atoms with Gasteiger partial charge in [0.1, 0.15) is 0 Å². The molecule has 0 spiro atoms. The quantitative estimate of drug-likeness (QED) is 0.561. The van der Waals surface area contributed by atoms with Crippen LogP contribution in [0.5, 0.6) is 0 Å². The number of hydrogen-bond donors (Lipinski definition) is 0. The van der Waals surface area contributed by atoms with Gasteiger partial charge in [-0.05, 0) is 24.6 Å². The minimum atomic E-state index is -1.76. The second kappa shape index (κ2) is 4.79. The molecule has 0 N–H and O–H groups in total. The first kappa shape index (κ1) is 12.2. The van der Waals surface area contributed by atoms with Gasteiger partial charge in [-0.1, -0.05) is 30.3 Å². The molecule has 0 unspecified atom stereocenters. The Morgan fingerprint density at radius 3 is 2.00 bits per heavy atom. The molecule has 16 heavy (non-hydrogen) atoms. The van der Waals surface area contributed by atoms with E-state index in [2.05, 4.69) is 5.18 Å². The maximum Gasteiger partial charge on any atom is 0.221 e. The van der Waals surface area contributed by atoms with Crippen molar-refractivity contribution in [2.45, 2.75) is 25.8 Å². The van der Waals surface area contributed by atoms with Gasteiger partial charge in [-0.2, -0.15) is 0 Å². The highest BCUT2D eigenvalue weighted by Crippen LogP contribution is 2.20. The molecular weight excluding hydrogens is 206 g/mol. The second-order valence-electron chi connectivity index (χ2n) is 3.73. The number of nitroso groups, excluding NO2 is 1. The largest absolute Gasteiger partial charge is 0.297 e. The summed E-state index contributed by atoms with van der Waals surface area (Å²) in [5, 5.41) is 2.76. The molecule has 0 radical (unpaired) electrons. The van der Waals surface area contributed by atoms with E-state index in [1.165, 1.54) is 13.8 Å². The SMILES string of the molecule is CC(=O)C(Cc1ccccc1)(N=O)C(C)=O. The maximum absolute atomic E-state index is 11.4. The number of rotatable bonds is 5. The van der Waals surface area contributed by atoms with Crippen LogP contribution in [0.2, 0.25) is 0 Å². The summed E-state index contributed by atoms with van der Waals surface area (Å²) in [4.78, 5) is 33.7. The van der Waals surface area contributed by atoms with E-state index in [1.807, 2.05) is 6.07 Å². The molecule has 1 aromatic carbocycles. The van der Waals surface area contributed by atoms with Crippen molar-refractivity contribution in [2.75, 3.05) is 0 Å². The molecule has 0 aliphatic carbocycles. The Bertz CT molecular complexity index is 398. The van der Waals surface area contributed by atoms with Crippen molar-refractivity contribution in [2.24, 2.45) is 5.18 Å². The van der Waals surface area contributed by atoms with Crippen LogP contribution in [0.1, 0.15) is 19.4 Å². The highest BCUT2D eigenvalue weighted by Gasteiger charge is 2.42. The van der Waals surface area contributed by atoms with Gasteiger partial charge in [0.15, 0.2) is 11.6 Å². The third kappa shape index (κ3) is 2.21. The predicted octanol–water partition coefficient (Wildman–Crippen LogP) is 1.91. The third-order valence-electron chi connectivity index (χ3n) is 2.62. The zero-order valence-corrected chi connectivity index (χ0v) is 9.27. The fourth-order valence-corrected chi connectivity index (χ4v) is 1.55. The molecule has 84 valence electrons. The number of hydrogen-bond acceptors (Lipinski definition) is 4. The van der Waals surface area contributed by atoms with Crippen LogP contribution in [0.15, 0.2) is 35.5 Å². The molecule has 0 aliphatic rings. The lowest BCUT2D eigenvalue weighted by molar-refractivity contribution is -0.132. The van der Waals surface area contributed by atoms with Crippen LogP contribution in [0.25, 0.3) is 0 Å². The first-order valence-electron chi connectivity index (χ1n) is 4.93. The van der Waals surface area contributed by atoms with Crippen molar-refractivity contribution in [3.8, 4) is 0 Å². The summed E-state index contributed by atoms with van der Waals surface area (Å²) in [6.45, 7) is 2.43. The number of carbonyl (C=O) groups excluding carboxylic acids is 2. The summed E-state index contributed by atoms with van der Waals surface area (Å²) >= 11 is 0. The summed E-state index contributed by atoms with van der Waals surface area (Å²) < 4.78 is 0. The van der Waals surface area contributed by atoms with Crippen molar-refractivity contribution in [1.82, 2.24) is 0 Å². The summed E-state index contributed by atoms with van der Waals surface area (Å²) in [7, 11) is 0. The molecular formula is C12H13NO3. The maximum atomic E-state index is 11.4. The molecule has 0 atom stereocenters. The standard InChI is InChI=1S/C12H13NO3/c1-9(14)12(13-16,10(2)15)8-11-6-4-3-5-7-11/h3-7H,8H2,1-2H3. The Morgan fingerprint density at radius 1 is 1.12 bits per heavy atom. The van der Waals surface area contributed by atoms with E-state index in [4.69, 9.17) is 0 Å². The van der Waals surface area contributed by atoms with E-state index in [1.54, 1.807) is 24.3 Å². The number of benzene rings is 1. The van der Waals surface area contributed by atoms with Crippen molar-refractivity contribution in [3.63, 3.8) is 0 Å². The summed E-state index contributed by atoms with van der Waals surface area (Å²) in [5.41, 5.74) is -1.02. The lowest BCUT2D eigenvalue weighted by Crippen LogP contribution is -2.44. The molecule has 1 rings (SSSR count). The minimum Gasteiger partial charge on any atom is -0.297 e. The van der Waals surface area contributed by atoms with Crippen LogP contribution in [0, 0.1) is 4.91 Å². The van der Waals surface area contributed by atoms with Crippen molar-refractivity contribution in [1.29, 1.82) is 0 Å². The number of nitrogens with zero attached hydrogens (tertiary/aromatic N) is 1. The summed E-state index contributed by atoms with van der Waals surface area (Å²) in [6, 6.07) is 8.90. The molecule has 0 fully saturated rings. The Balaban J connectivity index is 3.09. The van der Waals surface area contributed by atoms with Crippen LogP contribution in [0.3, 0.4) is 0 Å². The van der Waals surface area contributed by atoms with Gasteiger partial charge in [0, 0.05) is 6.42 Å². The van der Waals surface area contributed by atoms with E-state index in [9.17, 15) is 14.5 Å². The Morgan fingerprint density at radius 2 is 1.62 bits per heavy atom. The molecule has 0 amide bonds. The molecule has 0 bridgehead atoms.